The Balaban J connectivity index is 2.43. The van der Waals surface area contributed by atoms with Gasteiger partial charge in [0.05, 0.1) is 5.41 Å². The minimum Gasteiger partial charge on any atom is -0.481 e. The van der Waals surface area contributed by atoms with Crippen LogP contribution in [-0.2, 0) is 10.2 Å². The van der Waals surface area contributed by atoms with Crippen LogP contribution in [-0.4, -0.2) is 22.0 Å². The Morgan fingerprint density at radius 3 is 2.37 bits per heavy atom. The molecule has 0 aromatic carbocycles. The van der Waals surface area contributed by atoms with Gasteiger partial charge in [0.15, 0.2) is 0 Å². The lowest BCUT2D eigenvalue weighted by Gasteiger charge is -2.37. The van der Waals surface area contributed by atoms with Crippen molar-refractivity contribution in [3.05, 3.63) is 28.5 Å². The molecule has 3 nitrogen and oxygen atoms in total. The molecule has 19 heavy (non-hydrogen) atoms. The Morgan fingerprint density at radius 2 is 1.89 bits per heavy atom. The van der Waals surface area contributed by atoms with E-state index >= 15 is 0 Å². The largest absolute Gasteiger partial charge is 0.481 e. The molecule has 1 aromatic heterocycles. The number of pyridine rings is 1. The highest BCUT2D eigenvalue weighted by molar-refractivity contribution is 6.29. The van der Waals surface area contributed by atoms with E-state index in [4.69, 9.17) is 11.6 Å². The van der Waals surface area contributed by atoms with Gasteiger partial charge in [-0.25, -0.2) is 13.8 Å². The topological polar surface area (TPSA) is 50.2 Å². The second kappa shape index (κ2) is 4.71. The lowest BCUT2D eigenvalue weighted by atomic mass is 9.68. The summed E-state index contributed by atoms with van der Waals surface area (Å²) in [7, 11) is 0. The maximum absolute atomic E-state index is 13.3. The third kappa shape index (κ3) is 2.71. The van der Waals surface area contributed by atoms with Gasteiger partial charge in [0, 0.05) is 18.5 Å². The third-order valence-corrected chi connectivity index (χ3v) is 3.91. The molecule has 0 unspecified atom stereocenters. The number of rotatable bonds is 2. The van der Waals surface area contributed by atoms with E-state index in [0.717, 1.165) is 0 Å². The first-order valence-electron chi connectivity index (χ1n) is 6.01. The van der Waals surface area contributed by atoms with Crippen LogP contribution < -0.4 is 0 Å². The molecular formula is C13H14ClF2NO2. The smallest absolute Gasteiger partial charge is 0.314 e. The molecule has 1 aliphatic carbocycles. The van der Waals surface area contributed by atoms with Gasteiger partial charge in [-0.05, 0) is 37.5 Å². The summed E-state index contributed by atoms with van der Waals surface area (Å²) in [6, 6.07) is 3.08. The van der Waals surface area contributed by atoms with Gasteiger partial charge < -0.3 is 5.11 Å². The lowest BCUT2D eigenvalue weighted by molar-refractivity contribution is -0.149. The Hall–Kier alpha value is -1.23. The molecule has 6 heteroatoms. The summed E-state index contributed by atoms with van der Waals surface area (Å²) >= 11 is 5.84. The number of halogens is 3. The predicted molar refractivity (Wildman–Crippen MR) is 66.7 cm³/mol. The zero-order valence-corrected chi connectivity index (χ0v) is 11.2. The summed E-state index contributed by atoms with van der Waals surface area (Å²) in [6.07, 6.45) is -1.01. The second-order valence-electron chi connectivity index (χ2n) is 5.06. The molecule has 1 fully saturated rings. The van der Waals surface area contributed by atoms with Crippen molar-refractivity contribution >= 4 is 17.6 Å². The van der Waals surface area contributed by atoms with Crippen molar-refractivity contribution in [3.63, 3.8) is 0 Å². The van der Waals surface area contributed by atoms with Gasteiger partial charge in [-0.3, -0.25) is 4.79 Å². The van der Waals surface area contributed by atoms with Crippen LogP contribution in [0.3, 0.4) is 0 Å². The van der Waals surface area contributed by atoms with Crippen molar-refractivity contribution in [2.24, 2.45) is 0 Å². The molecule has 2 rings (SSSR count). The molecular weight excluding hydrogens is 276 g/mol. The molecule has 0 bridgehead atoms. The number of hydrogen-bond acceptors (Lipinski definition) is 2. The molecule has 0 radical (unpaired) electrons. The van der Waals surface area contributed by atoms with Gasteiger partial charge in [0.25, 0.3) is 0 Å². The summed E-state index contributed by atoms with van der Waals surface area (Å²) in [6.45, 7) is 1.70. The minimum absolute atomic E-state index is 0.0882. The standard InChI is InChI=1S/C13H14ClF2NO2/c1-8-6-9(7-10(14)17-8)12(11(18)19)2-4-13(15,16)5-3-12/h6-7H,2-5H2,1H3,(H,18,19). The van der Waals surface area contributed by atoms with Crippen LogP contribution in [0.25, 0.3) is 0 Å². The van der Waals surface area contributed by atoms with E-state index in [1.165, 1.54) is 6.07 Å². The molecule has 1 heterocycles. The second-order valence-corrected chi connectivity index (χ2v) is 5.45. The molecule has 1 aromatic rings. The monoisotopic (exact) mass is 289 g/mol. The number of alkyl halides is 2. The van der Waals surface area contributed by atoms with E-state index in [-0.39, 0.29) is 18.0 Å². The van der Waals surface area contributed by atoms with Crippen molar-refractivity contribution in [2.75, 3.05) is 0 Å². The van der Waals surface area contributed by atoms with Crippen LogP contribution in [0.4, 0.5) is 8.78 Å². The molecule has 1 saturated carbocycles. The van der Waals surface area contributed by atoms with E-state index in [0.29, 0.717) is 11.3 Å². The van der Waals surface area contributed by atoms with Gasteiger partial charge in [0.2, 0.25) is 5.92 Å². The minimum atomic E-state index is -2.77. The highest BCUT2D eigenvalue weighted by atomic mass is 35.5. The molecule has 0 aliphatic heterocycles. The molecule has 0 spiro atoms. The number of carboxylic acid groups (broad SMARTS) is 1. The number of aryl methyl sites for hydroxylation is 1. The first-order valence-corrected chi connectivity index (χ1v) is 6.39. The first kappa shape index (κ1) is 14.2. The van der Waals surface area contributed by atoms with Gasteiger partial charge in [-0.2, -0.15) is 0 Å². The first-order chi connectivity index (χ1) is 8.75. The fourth-order valence-corrected chi connectivity index (χ4v) is 2.82. The Kier molecular flexibility index (Phi) is 3.51. The number of hydrogen-bond donors (Lipinski definition) is 1. The van der Waals surface area contributed by atoms with Gasteiger partial charge in [-0.1, -0.05) is 11.6 Å². The van der Waals surface area contributed by atoms with Crippen LogP contribution in [0.15, 0.2) is 12.1 Å². The van der Waals surface area contributed by atoms with Crippen molar-refractivity contribution in [3.8, 4) is 0 Å². The van der Waals surface area contributed by atoms with E-state index in [2.05, 4.69) is 4.98 Å². The molecule has 0 saturated heterocycles. The number of aliphatic carboxylic acids is 1. The SMILES string of the molecule is Cc1cc(C2(C(=O)O)CCC(F)(F)CC2)cc(Cl)n1. The summed E-state index contributed by atoms with van der Waals surface area (Å²) in [5, 5.41) is 9.67. The maximum Gasteiger partial charge on any atom is 0.314 e. The Morgan fingerprint density at radius 1 is 1.32 bits per heavy atom. The van der Waals surface area contributed by atoms with Crippen LogP contribution >= 0.6 is 11.6 Å². The van der Waals surface area contributed by atoms with Gasteiger partial charge in [-0.15, -0.1) is 0 Å². The zero-order chi connectivity index (χ0) is 14.3. The average molecular weight is 290 g/mol. The number of aromatic nitrogens is 1. The van der Waals surface area contributed by atoms with Gasteiger partial charge in [0.1, 0.15) is 5.15 Å². The number of nitrogens with zero attached hydrogens (tertiary/aromatic N) is 1. The van der Waals surface area contributed by atoms with Crippen molar-refractivity contribution in [2.45, 2.75) is 43.9 Å². The van der Waals surface area contributed by atoms with E-state index in [1.54, 1.807) is 13.0 Å². The highest BCUT2D eigenvalue weighted by Crippen LogP contribution is 2.46. The molecule has 1 N–H and O–H groups in total. The summed E-state index contributed by atoms with van der Waals surface area (Å²) in [5.41, 5.74) is -0.229. The molecule has 104 valence electrons. The van der Waals surface area contributed by atoms with Gasteiger partial charge >= 0.3 is 5.97 Å². The Bertz CT molecular complexity index is 489. The lowest BCUT2D eigenvalue weighted by Crippen LogP contribution is -2.42. The van der Waals surface area contributed by atoms with Crippen molar-refractivity contribution in [1.82, 2.24) is 4.98 Å². The Labute approximate surface area is 114 Å². The highest BCUT2D eigenvalue weighted by Gasteiger charge is 2.49. The summed E-state index contributed by atoms with van der Waals surface area (Å²) in [4.78, 5) is 15.6. The fourth-order valence-electron chi connectivity index (χ4n) is 2.57. The third-order valence-electron chi connectivity index (χ3n) is 3.72. The molecule has 1 aliphatic rings. The van der Waals surface area contributed by atoms with Crippen LogP contribution in [0.1, 0.15) is 36.9 Å². The van der Waals surface area contributed by atoms with E-state index in [9.17, 15) is 18.7 Å². The summed E-state index contributed by atoms with van der Waals surface area (Å²) < 4.78 is 26.5. The number of carboxylic acids is 1. The van der Waals surface area contributed by atoms with Crippen molar-refractivity contribution in [1.29, 1.82) is 0 Å². The van der Waals surface area contributed by atoms with E-state index < -0.39 is 30.1 Å². The molecule has 0 amide bonds. The number of carbonyl (C=O) groups is 1. The normalized spacial score (nSPS) is 21.1. The maximum atomic E-state index is 13.3. The average Bonchev–Trinajstić information content (AvgIpc) is 2.27. The fraction of sp³-hybridized carbons (Fsp3) is 0.538. The van der Waals surface area contributed by atoms with Crippen LogP contribution in [0.2, 0.25) is 5.15 Å². The predicted octanol–water partition coefficient (Wildman–Crippen LogP) is 3.58. The zero-order valence-electron chi connectivity index (χ0n) is 10.4. The quantitative estimate of drug-likeness (QED) is 0.847. The molecule has 0 atom stereocenters. The van der Waals surface area contributed by atoms with Crippen molar-refractivity contribution < 1.29 is 18.7 Å². The van der Waals surface area contributed by atoms with Crippen LogP contribution in [0.5, 0.6) is 0 Å². The van der Waals surface area contributed by atoms with E-state index in [1.807, 2.05) is 0 Å². The summed E-state index contributed by atoms with van der Waals surface area (Å²) in [5.74, 6) is -3.85. The van der Waals surface area contributed by atoms with Crippen LogP contribution in [0, 0.1) is 6.92 Å².